The van der Waals surface area contributed by atoms with Crippen molar-refractivity contribution in [2.75, 3.05) is 18.4 Å². The normalized spacial score (nSPS) is 17.1. The van der Waals surface area contributed by atoms with Gasteiger partial charge in [0.1, 0.15) is 0 Å². The molecule has 0 atom stereocenters. The predicted octanol–water partition coefficient (Wildman–Crippen LogP) is 3.43. The number of halogens is 1. The van der Waals surface area contributed by atoms with Gasteiger partial charge in [-0.15, -0.1) is 0 Å². The van der Waals surface area contributed by atoms with Crippen molar-refractivity contribution in [2.45, 2.75) is 31.7 Å². The van der Waals surface area contributed by atoms with Crippen LogP contribution in [0.3, 0.4) is 0 Å². The van der Waals surface area contributed by atoms with Crippen molar-refractivity contribution in [3.63, 3.8) is 0 Å². The molecule has 1 saturated carbocycles. The zero-order valence-electron chi connectivity index (χ0n) is 15.8. The van der Waals surface area contributed by atoms with Crippen LogP contribution in [0.25, 0.3) is 0 Å². The van der Waals surface area contributed by atoms with Crippen molar-refractivity contribution in [1.82, 2.24) is 10.2 Å². The number of rotatable bonds is 5. The summed E-state index contributed by atoms with van der Waals surface area (Å²) in [6.07, 6.45) is 3.50. The van der Waals surface area contributed by atoms with Crippen molar-refractivity contribution in [2.24, 2.45) is 5.92 Å². The molecular formula is C21H22BrN3O4. The molecule has 2 N–H and O–H groups in total. The maximum atomic E-state index is 12.9. The van der Waals surface area contributed by atoms with Crippen LogP contribution >= 0.6 is 15.9 Å². The van der Waals surface area contributed by atoms with Gasteiger partial charge in [0.05, 0.1) is 0 Å². The Morgan fingerprint density at radius 3 is 2.45 bits per heavy atom. The number of piperidine rings is 1. The molecule has 1 aliphatic carbocycles. The minimum absolute atomic E-state index is 0.0158. The van der Waals surface area contributed by atoms with E-state index in [9.17, 15) is 14.4 Å². The van der Waals surface area contributed by atoms with E-state index in [0.29, 0.717) is 47.9 Å². The van der Waals surface area contributed by atoms with Gasteiger partial charge >= 0.3 is 0 Å². The van der Waals surface area contributed by atoms with E-state index in [1.54, 1.807) is 41.3 Å². The molecule has 2 aromatic rings. The third kappa shape index (κ3) is 4.87. The second-order valence-electron chi connectivity index (χ2n) is 7.49. The molecule has 2 aliphatic rings. The van der Waals surface area contributed by atoms with E-state index in [2.05, 4.69) is 26.6 Å². The molecule has 1 aromatic carbocycles. The summed E-state index contributed by atoms with van der Waals surface area (Å²) < 4.78 is 5.72. The molecule has 7 nitrogen and oxygen atoms in total. The minimum Gasteiger partial charge on any atom is -0.444 e. The number of nitrogens with one attached hydrogen (secondary N) is 2. The first-order valence-electron chi connectivity index (χ1n) is 9.76. The highest BCUT2D eigenvalue weighted by molar-refractivity contribution is 9.10. The van der Waals surface area contributed by atoms with E-state index in [0.717, 1.165) is 12.8 Å². The van der Waals surface area contributed by atoms with Crippen LogP contribution in [0.4, 0.5) is 5.69 Å². The SMILES string of the molecule is O=C(Nc1cccc(C(=O)N2CCC(C(=O)NC3CC3)CC2)c1)c1ccc(Br)o1. The molecule has 1 saturated heterocycles. The smallest absolute Gasteiger partial charge is 0.291 e. The van der Waals surface area contributed by atoms with E-state index >= 15 is 0 Å². The number of amides is 3. The van der Waals surface area contributed by atoms with E-state index in [-0.39, 0.29) is 29.4 Å². The lowest BCUT2D eigenvalue weighted by atomic mass is 9.95. The minimum atomic E-state index is -0.386. The third-order valence-electron chi connectivity index (χ3n) is 5.24. The highest BCUT2D eigenvalue weighted by Gasteiger charge is 2.31. The fraction of sp³-hybridized carbons (Fsp3) is 0.381. The van der Waals surface area contributed by atoms with Gasteiger partial charge in [0.2, 0.25) is 5.91 Å². The van der Waals surface area contributed by atoms with Crippen LogP contribution in [-0.2, 0) is 4.79 Å². The molecule has 0 spiro atoms. The van der Waals surface area contributed by atoms with Gasteiger partial charge < -0.3 is 20.0 Å². The lowest BCUT2D eigenvalue weighted by Crippen LogP contribution is -2.43. The number of anilines is 1. The van der Waals surface area contributed by atoms with E-state index in [1.807, 2.05) is 0 Å². The van der Waals surface area contributed by atoms with Gasteiger partial charge in [-0.25, -0.2) is 0 Å². The molecule has 3 amide bonds. The zero-order valence-corrected chi connectivity index (χ0v) is 17.4. The number of carbonyl (C=O) groups excluding carboxylic acids is 3. The van der Waals surface area contributed by atoms with E-state index in [1.165, 1.54) is 0 Å². The van der Waals surface area contributed by atoms with Crippen molar-refractivity contribution >= 4 is 39.3 Å². The zero-order chi connectivity index (χ0) is 20.4. The molecule has 1 aliphatic heterocycles. The van der Waals surface area contributed by atoms with Crippen LogP contribution in [-0.4, -0.2) is 41.8 Å². The molecule has 2 fully saturated rings. The molecule has 29 heavy (non-hydrogen) atoms. The Hall–Kier alpha value is -2.61. The standard InChI is InChI=1S/C21H22BrN3O4/c22-18-7-6-17(29-18)20(27)24-16-3-1-2-14(12-16)21(28)25-10-8-13(9-11-25)19(26)23-15-4-5-15/h1-3,6-7,12-13,15H,4-5,8-11H2,(H,23,26)(H,24,27). The van der Waals surface area contributed by atoms with Crippen LogP contribution in [0, 0.1) is 5.92 Å². The Balaban J connectivity index is 1.35. The molecule has 8 heteroatoms. The Labute approximate surface area is 176 Å². The van der Waals surface area contributed by atoms with Crippen LogP contribution in [0.5, 0.6) is 0 Å². The number of hydrogen-bond donors (Lipinski definition) is 2. The average molecular weight is 460 g/mol. The second kappa shape index (κ2) is 8.41. The molecule has 152 valence electrons. The van der Waals surface area contributed by atoms with Gasteiger partial charge in [-0.2, -0.15) is 0 Å². The van der Waals surface area contributed by atoms with Crippen molar-refractivity contribution in [3.8, 4) is 0 Å². The summed E-state index contributed by atoms with van der Waals surface area (Å²) in [6.45, 7) is 1.11. The number of furan rings is 1. The average Bonchev–Trinajstić information content (AvgIpc) is 3.44. The number of hydrogen-bond acceptors (Lipinski definition) is 4. The largest absolute Gasteiger partial charge is 0.444 e. The molecule has 0 radical (unpaired) electrons. The van der Waals surface area contributed by atoms with Gasteiger partial charge in [0, 0.05) is 36.3 Å². The second-order valence-corrected chi connectivity index (χ2v) is 8.27. The Morgan fingerprint density at radius 1 is 1.03 bits per heavy atom. The Morgan fingerprint density at radius 2 is 1.79 bits per heavy atom. The molecule has 4 rings (SSSR count). The highest BCUT2D eigenvalue weighted by Crippen LogP contribution is 2.24. The highest BCUT2D eigenvalue weighted by atomic mass is 79.9. The first-order valence-corrected chi connectivity index (χ1v) is 10.6. The van der Waals surface area contributed by atoms with Crippen LogP contribution in [0.2, 0.25) is 0 Å². The number of benzene rings is 1. The summed E-state index contributed by atoms with van der Waals surface area (Å²) in [5.74, 6) is -0.197. The lowest BCUT2D eigenvalue weighted by molar-refractivity contribution is -0.126. The fourth-order valence-electron chi connectivity index (χ4n) is 3.43. The first-order chi connectivity index (χ1) is 14.0. The molecule has 0 bridgehead atoms. The van der Waals surface area contributed by atoms with Crippen molar-refractivity contribution < 1.29 is 18.8 Å². The van der Waals surface area contributed by atoms with Gasteiger partial charge in [0.25, 0.3) is 11.8 Å². The summed E-state index contributed by atoms with van der Waals surface area (Å²) >= 11 is 3.17. The summed E-state index contributed by atoms with van der Waals surface area (Å²) in [4.78, 5) is 39.1. The summed E-state index contributed by atoms with van der Waals surface area (Å²) in [5, 5.41) is 5.79. The molecule has 0 unspecified atom stereocenters. The van der Waals surface area contributed by atoms with Gasteiger partial charge in [-0.05, 0) is 71.9 Å². The maximum absolute atomic E-state index is 12.9. The summed E-state index contributed by atoms with van der Waals surface area (Å²) in [6, 6.07) is 10.4. The molecular weight excluding hydrogens is 438 g/mol. The Bertz CT molecular complexity index is 930. The topological polar surface area (TPSA) is 91.7 Å². The van der Waals surface area contributed by atoms with E-state index in [4.69, 9.17) is 4.42 Å². The maximum Gasteiger partial charge on any atom is 0.291 e. The number of likely N-dealkylation sites (tertiary alicyclic amines) is 1. The Kier molecular flexibility index (Phi) is 5.71. The lowest BCUT2D eigenvalue weighted by Gasteiger charge is -2.31. The number of nitrogens with zero attached hydrogens (tertiary/aromatic N) is 1. The third-order valence-corrected chi connectivity index (χ3v) is 5.67. The number of carbonyl (C=O) groups is 3. The van der Waals surface area contributed by atoms with Crippen molar-refractivity contribution in [1.29, 1.82) is 0 Å². The monoisotopic (exact) mass is 459 g/mol. The van der Waals surface area contributed by atoms with Crippen LogP contribution < -0.4 is 10.6 Å². The van der Waals surface area contributed by atoms with Gasteiger partial charge in [-0.3, -0.25) is 14.4 Å². The van der Waals surface area contributed by atoms with Crippen molar-refractivity contribution in [3.05, 3.63) is 52.4 Å². The fourth-order valence-corrected chi connectivity index (χ4v) is 3.74. The van der Waals surface area contributed by atoms with Crippen LogP contribution in [0.15, 0.2) is 45.5 Å². The van der Waals surface area contributed by atoms with Gasteiger partial charge in [0.15, 0.2) is 10.4 Å². The first kappa shape index (κ1) is 19.7. The van der Waals surface area contributed by atoms with Gasteiger partial charge in [-0.1, -0.05) is 6.07 Å². The van der Waals surface area contributed by atoms with Crippen LogP contribution in [0.1, 0.15) is 46.6 Å². The quantitative estimate of drug-likeness (QED) is 0.716. The predicted molar refractivity (Wildman–Crippen MR) is 111 cm³/mol. The summed E-state index contributed by atoms with van der Waals surface area (Å²) in [7, 11) is 0. The molecule has 1 aromatic heterocycles. The van der Waals surface area contributed by atoms with E-state index < -0.39 is 0 Å². The molecule has 2 heterocycles. The summed E-state index contributed by atoms with van der Waals surface area (Å²) in [5.41, 5.74) is 1.02.